The van der Waals surface area contributed by atoms with Gasteiger partial charge in [-0.2, -0.15) is 0 Å². The molecule has 1 rings (SSSR count). The third-order valence-corrected chi connectivity index (χ3v) is 2.98. The first-order chi connectivity index (χ1) is 9.06. The zero-order chi connectivity index (χ0) is 14.3. The van der Waals surface area contributed by atoms with Crippen LogP contribution in [0.1, 0.15) is 19.4 Å². The molecule has 19 heavy (non-hydrogen) atoms. The number of hydrogen-bond donors (Lipinski definition) is 2. The van der Waals surface area contributed by atoms with E-state index in [9.17, 15) is 9.18 Å². The lowest BCUT2D eigenvalue weighted by molar-refractivity contribution is 0.247. The Hall–Kier alpha value is -1.62. The molecule has 1 aromatic rings. The minimum atomic E-state index is -0.418. The van der Waals surface area contributed by atoms with Gasteiger partial charge in [-0.3, -0.25) is 0 Å². The van der Waals surface area contributed by atoms with Crippen molar-refractivity contribution < 1.29 is 9.18 Å². The minimum Gasteiger partial charge on any atom is -0.337 e. The summed E-state index contributed by atoms with van der Waals surface area (Å²) in [5, 5.41) is 5.22. The lowest BCUT2D eigenvalue weighted by Gasteiger charge is -2.18. The van der Waals surface area contributed by atoms with Crippen molar-refractivity contribution in [2.24, 2.45) is 0 Å². The van der Waals surface area contributed by atoms with E-state index in [-0.39, 0.29) is 11.7 Å². The van der Waals surface area contributed by atoms with Crippen LogP contribution >= 0.6 is 0 Å². The molecular formula is C14H22FN3O. The number of nitrogens with one attached hydrogen (secondary N) is 2. The van der Waals surface area contributed by atoms with Gasteiger partial charge in [0.25, 0.3) is 0 Å². The van der Waals surface area contributed by atoms with Crippen LogP contribution in [-0.4, -0.2) is 37.1 Å². The number of amides is 2. The van der Waals surface area contributed by atoms with Crippen molar-refractivity contribution in [3.63, 3.8) is 0 Å². The fourth-order valence-corrected chi connectivity index (χ4v) is 1.76. The van der Waals surface area contributed by atoms with E-state index in [1.807, 2.05) is 0 Å². The number of rotatable bonds is 6. The maximum atomic E-state index is 13.5. The van der Waals surface area contributed by atoms with E-state index in [0.717, 1.165) is 25.2 Å². The summed E-state index contributed by atoms with van der Waals surface area (Å²) in [5.41, 5.74) is 1.02. The van der Waals surface area contributed by atoms with Crippen LogP contribution in [0.2, 0.25) is 0 Å². The van der Waals surface area contributed by atoms with Gasteiger partial charge in [-0.1, -0.05) is 19.9 Å². The monoisotopic (exact) mass is 267 g/mol. The number of urea groups is 1. The first kappa shape index (κ1) is 15.4. The Bertz CT molecular complexity index is 419. The largest absolute Gasteiger partial charge is 0.337 e. The summed E-state index contributed by atoms with van der Waals surface area (Å²) in [7, 11) is 0. The predicted octanol–water partition coefficient (Wildman–Crippen LogP) is 2.60. The smallest absolute Gasteiger partial charge is 0.319 e. The Balaban J connectivity index is 2.39. The second-order valence-electron chi connectivity index (χ2n) is 4.39. The number of aryl methyl sites for hydroxylation is 1. The van der Waals surface area contributed by atoms with Crippen LogP contribution < -0.4 is 10.6 Å². The third-order valence-electron chi connectivity index (χ3n) is 2.98. The number of carbonyl (C=O) groups is 1. The van der Waals surface area contributed by atoms with E-state index in [0.29, 0.717) is 6.54 Å². The molecule has 0 saturated carbocycles. The summed E-state index contributed by atoms with van der Waals surface area (Å²) in [5.74, 6) is -0.418. The van der Waals surface area contributed by atoms with Gasteiger partial charge in [-0.15, -0.1) is 0 Å². The van der Waals surface area contributed by atoms with Crippen LogP contribution in [0.3, 0.4) is 0 Å². The van der Waals surface area contributed by atoms with E-state index in [4.69, 9.17) is 0 Å². The van der Waals surface area contributed by atoms with E-state index >= 15 is 0 Å². The molecule has 0 spiro atoms. The van der Waals surface area contributed by atoms with Gasteiger partial charge in [0.2, 0.25) is 0 Å². The predicted molar refractivity (Wildman–Crippen MR) is 75.9 cm³/mol. The van der Waals surface area contributed by atoms with Gasteiger partial charge < -0.3 is 15.5 Å². The topological polar surface area (TPSA) is 44.4 Å². The molecule has 2 N–H and O–H groups in total. The fraction of sp³-hybridized carbons (Fsp3) is 0.500. The van der Waals surface area contributed by atoms with Gasteiger partial charge in [0.15, 0.2) is 0 Å². The number of benzene rings is 1. The molecule has 0 radical (unpaired) electrons. The van der Waals surface area contributed by atoms with E-state index in [1.165, 1.54) is 6.07 Å². The number of nitrogens with zero attached hydrogens (tertiary/aromatic N) is 1. The summed E-state index contributed by atoms with van der Waals surface area (Å²) in [4.78, 5) is 13.8. The molecule has 0 saturated heterocycles. The molecule has 0 aromatic heterocycles. The molecule has 1 aromatic carbocycles. The molecule has 5 heteroatoms. The van der Waals surface area contributed by atoms with Gasteiger partial charge in [0, 0.05) is 13.1 Å². The van der Waals surface area contributed by atoms with E-state index < -0.39 is 5.82 Å². The van der Waals surface area contributed by atoms with Crippen molar-refractivity contribution in [3.8, 4) is 0 Å². The summed E-state index contributed by atoms with van der Waals surface area (Å²) in [6.07, 6.45) is 0. The number of likely N-dealkylation sites (N-methyl/N-ethyl adjacent to an activating group) is 1. The molecule has 0 bridgehead atoms. The summed E-state index contributed by atoms with van der Waals surface area (Å²) in [6.45, 7) is 9.18. The highest BCUT2D eigenvalue weighted by atomic mass is 19.1. The van der Waals surface area contributed by atoms with Crippen molar-refractivity contribution in [1.29, 1.82) is 0 Å². The molecule has 0 atom stereocenters. The van der Waals surface area contributed by atoms with Crippen LogP contribution in [0.15, 0.2) is 18.2 Å². The molecule has 4 nitrogen and oxygen atoms in total. The van der Waals surface area contributed by atoms with Crippen molar-refractivity contribution in [2.75, 3.05) is 31.5 Å². The maximum Gasteiger partial charge on any atom is 0.319 e. The highest BCUT2D eigenvalue weighted by Crippen LogP contribution is 2.14. The third kappa shape index (κ3) is 5.26. The normalized spacial score (nSPS) is 10.6. The van der Waals surface area contributed by atoms with Gasteiger partial charge in [-0.05, 0) is 37.7 Å². The Kier molecular flexibility index (Phi) is 6.29. The van der Waals surface area contributed by atoms with E-state index in [1.54, 1.807) is 19.1 Å². The first-order valence-corrected chi connectivity index (χ1v) is 6.60. The van der Waals surface area contributed by atoms with Gasteiger partial charge in [0.05, 0.1) is 5.69 Å². The molecule has 0 aliphatic carbocycles. The fourth-order valence-electron chi connectivity index (χ4n) is 1.76. The maximum absolute atomic E-state index is 13.5. The van der Waals surface area contributed by atoms with Crippen LogP contribution in [0.25, 0.3) is 0 Å². The summed E-state index contributed by atoms with van der Waals surface area (Å²) >= 11 is 0. The van der Waals surface area contributed by atoms with Crippen molar-refractivity contribution in [1.82, 2.24) is 10.2 Å². The number of halogens is 1. The van der Waals surface area contributed by atoms with Crippen LogP contribution in [0, 0.1) is 12.7 Å². The van der Waals surface area contributed by atoms with E-state index in [2.05, 4.69) is 29.4 Å². The standard InChI is InChI=1S/C14H22FN3O/c1-4-18(5-2)9-8-16-14(19)17-13-7-6-11(3)10-12(13)15/h6-7,10H,4-5,8-9H2,1-3H3,(H2,16,17,19). The Morgan fingerprint density at radius 1 is 1.32 bits per heavy atom. The quantitative estimate of drug-likeness (QED) is 0.832. The Morgan fingerprint density at radius 3 is 2.58 bits per heavy atom. The highest BCUT2D eigenvalue weighted by molar-refractivity contribution is 5.89. The highest BCUT2D eigenvalue weighted by Gasteiger charge is 2.06. The first-order valence-electron chi connectivity index (χ1n) is 6.60. The summed E-state index contributed by atoms with van der Waals surface area (Å²) < 4.78 is 13.5. The van der Waals surface area contributed by atoms with Gasteiger partial charge in [-0.25, -0.2) is 9.18 Å². The SMILES string of the molecule is CCN(CC)CCNC(=O)Nc1ccc(C)cc1F. The lowest BCUT2D eigenvalue weighted by atomic mass is 10.2. The van der Waals surface area contributed by atoms with Crippen LogP contribution in [-0.2, 0) is 0 Å². The zero-order valence-corrected chi connectivity index (χ0v) is 11.8. The van der Waals surface area contributed by atoms with Crippen molar-refractivity contribution >= 4 is 11.7 Å². The molecular weight excluding hydrogens is 245 g/mol. The lowest BCUT2D eigenvalue weighted by Crippen LogP contribution is -2.37. The average molecular weight is 267 g/mol. The Labute approximate surface area is 114 Å². The minimum absolute atomic E-state index is 0.200. The second-order valence-corrected chi connectivity index (χ2v) is 4.39. The molecule has 0 aliphatic heterocycles. The zero-order valence-electron chi connectivity index (χ0n) is 11.8. The Morgan fingerprint density at radius 2 is 2.00 bits per heavy atom. The second kappa shape index (κ2) is 7.74. The average Bonchev–Trinajstić information content (AvgIpc) is 2.38. The molecule has 0 unspecified atom stereocenters. The van der Waals surface area contributed by atoms with Crippen molar-refractivity contribution in [2.45, 2.75) is 20.8 Å². The van der Waals surface area contributed by atoms with Gasteiger partial charge in [0.1, 0.15) is 5.82 Å². The molecule has 0 heterocycles. The number of anilines is 1. The van der Waals surface area contributed by atoms with Gasteiger partial charge >= 0.3 is 6.03 Å². The molecule has 0 aliphatic rings. The number of carbonyl (C=O) groups excluding carboxylic acids is 1. The molecule has 0 fully saturated rings. The van der Waals surface area contributed by atoms with Crippen molar-refractivity contribution in [3.05, 3.63) is 29.6 Å². The molecule has 2 amide bonds. The summed E-state index contributed by atoms with van der Waals surface area (Å²) in [6, 6.07) is 4.34. The number of hydrogen-bond acceptors (Lipinski definition) is 2. The molecule has 106 valence electrons. The van der Waals surface area contributed by atoms with Crippen LogP contribution in [0.4, 0.5) is 14.9 Å². The van der Waals surface area contributed by atoms with Crippen LogP contribution in [0.5, 0.6) is 0 Å².